The number of nitrogens with one attached hydrogen (secondary N) is 1. The average molecular weight is 276 g/mol. The second-order valence-electron chi connectivity index (χ2n) is 4.71. The molecule has 0 heterocycles. The number of alkyl halides is 1. The molecular weight excluding hydrogens is 248 g/mol. The summed E-state index contributed by atoms with van der Waals surface area (Å²) in [6.45, 7) is 15.8. The molecular formula is C14H28ClN2O+. The summed E-state index contributed by atoms with van der Waals surface area (Å²) >= 11 is 5.54. The van der Waals surface area contributed by atoms with E-state index in [1.165, 1.54) is 30.7 Å². The Morgan fingerprint density at radius 3 is 2.17 bits per heavy atom. The molecule has 0 radical (unpaired) electrons. The molecule has 0 aromatic carbocycles. The maximum atomic E-state index is 11.4. The van der Waals surface area contributed by atoms with Crippen LogP contribution in [0, 0.1) is 0 Å². The fourth-order valence-corrected chi connectivity index (χ4v) is 2.23. The number of carbonyl (C=O) groups excluding carboxylic acids is 1. The van der Waals surface area contributed by atoms with Crippen molar-refractivity contribution < 1.29 is 9.28 Å². The van der Waals surface area contributed by atoms with Crippen LogP contribution >= 0.6 is 11.6 Å². The first-order valence-corrected chi connectivity index (χ1v) is 7.45. The first kappa shape index (κ1) is 17.5. The van der Waals surface area contributed by atoms with Crippen LogP contribution in [-0.2, 0) is 4.79 Å². The molecule has 0 atom stereocenters. The number of rotatable bonds is 10. The predicted molar refractivity (Wildman–Crippen MR) is 78.9 cm³/mol. The fraction of sp³-hybridized carbons (Fsp3) is 0.786. The summed E-state index contributed by atoms with van der Waals surface area (Å²) < 4.78 is 1.17. The lowest BCUT2D eigenvalue weighted by Crippen LogP contribution is -2.48. The first-order valence-electron chi connectivity index (χ1n) is 6.92. The fourth-order valence-electron chi connectivity index (χ4n) is 2.10. The van der Waals surface area contributed by atoms with Gasteiger partial charge in [-0.05, 0) is 33.6 Å². The van der Waals surface area contributed by atoms with Gasteiger partial charge in [0.2, 0.25) is 5.91 Å². The van der Waals surface area contributed by atoms with E-state index in [0.29, 0.717) is 12.1 Å². The van der Waals surface area contributed by atoms with Gasteiger partial charge in [0, 0.05) is 12.1 Å². The summed E-state index contributed by atoms with van der Waals surface area (Å²) in [5.74, 6) is 0.0834. The summed E-state index contributed by atoms with van der Waals surface area (Å²) in [5.41, 5.74) is 0.442. The Kier molecular flexibility index (Phi) is 9.12. The summed E-state index contributed by atoms with van der Waals surface area (Å²) in [7, 11) is 0. The van der Waals surface area contributed by atoms with E-state index in [-0.39, 0.29) is 11.8 Å². The van der Waals surface area contributed by atoms with Gasteiger partial charge < -0.3 is 9.80 Å². The molecule has 3 nitrogen and oxygen atoms in total. The van der Waals surface area contributed by atoms with Crippen LogP contribution in [0.15, 0.2) is 12.2 Å². The third kappa shape index (κ3) is 5.87. The molecule has 0 saturated heterocycles. The van der Waals surface area contributed by atoms with E-state index >= 15 is 0 Å². The summed E-state index contributed by atoms with van der Waals surface area (Å²) in [4.78, 5) is 11.4. The molecule has 0 fully saturated rings. The third-order valence-corrected chi connectivity index (χ3v) is 4.16. The van der Waals surface area contributed by atoms with E-state index < -0.39 is 0 Å². The van der Waals surface area contributed by atoms with Gasteiger partial charge in [0.1, 0.15) is 0 Å². The second-order valence-corrected chi connectivity index (χ2v) is 4.98. The molecule has 0 unspecified atom stereocenters. The number of hydrogen-bond acceptors (Lipinski definition) is 1. The van der Waals surface area contributed by atoms with Crippen molar-refractivity contribution in [2.45, 2.75) is 33.6 Å². The molecule has 0 bridgehead atoms. The molecule has 106 valence electrons. The Hall–Kier alpha value is -0.540. The molecule has 4 heteroatoms. The lowest BCUT2D eigenvalue weighted by molar-refractivity contribution is -0.923. The number of hydrogen-bond donors (Lipinski definition) is 1. The average Bonchev–Trinajstić information content (AvgIpc) is 2.42. The Balaban J connectivity index is 3.80. The van der Waals surface area contributed by atoms with Gasteiger partial charge in [-0.2, -0.15) is 0 Å². The van der Waals surface area contributed by atoms with E-state index in [1.807, 2.05) is 0 Å². The van der Waals surface area contributed by atoms with Crippen LogP contribution in [0.1, 0.15) is 33.6 Å². The monoisotopic (exact) mass is 275 g/mol. The van der Waals surface area contributed by atoms with Crippen LogP contribution in [0.5, 0.6) is 0 Å². The van der Waals surface area contributed by atoms with Crippen molar-refractivity contribution >= 4 is 17.5 Å². The number of halogens is 1. The van der Waals surface area contributed by atoms with E-state index in [1.54, 1.807) is 0 Å². The minimum Gasteiger partial charge on any atom is -0.352 e. The molecule has 0 rings (SSSR count). The molecule has 1 N–H and O–H groups in total. The third-order valence-electron chi connectivity index (χ3n) is 3.84. The molecule has 0 aliphatic carbocycles. The second kappa shape index (κ2) is 9.40. The normalized spacial score (nSPS) is 11.3. The molecule has 0 aliphatic heterocycles. The van der Waals surface area contributed by atoms with Crippen LogP contribution in [0.3, 0.4) is 0 Å². The van der Waals surface area contributed by atoms with E-state index in [2.05, 4.69) is 32.7 Å². The first-order chi connectivity index (χ1) is 8.55. The van der Waals surface area contributed by atoms with Gasteiger partial charge in [-0.15, -0.1) is 11.6 Å². The Morgan fingerprint density at radius 2 is 1.72 bits per heavy atom. The minimum atomic E-state index is -0.118. The summed E-state index contributed by atoms with van der Waals surface area (Å²) in [6.07, 6.45) is 2.16. The smallest absolute Gasteiger partial charge is 0.247 e. The molecule has 0 aliphatic rings. The van der Waals surface area contributed by atoms with Crippen molar-refractivity contribution in [1.29, 1.82) is 0 Å². The van der Waals surface area contributed by atoms with Crippen LogP contribution in [-0.4, -0.2) is 49.0 Å². The standard InChI is InChI=1S/C14H27ClN2O/c1-5-17(6-2,7-3)11-9-8-10-16-14(18)13(4)12-15/h4-12H2,1-3H3/p+1. The molecule has 1 amide bonds. The summed E-state index contributed by atoms with van der Waals surface area (Å²) in [6, 6.07) is 0. The van der Waals surface area contributed by atoms with Gasteiger partial charge in [0.05, 0.1) is 32.1 Å². The number of unbranched alkanes of at least 4 members (excludes halogenated alkanes) is 1. The minimum absolute atomic E-state index is 0.118. The zero-order chi connectivity index (χ0) is 14.0. The maximum absolute atomic E-state index is 11.4. The van der Waals surface area contributed by atoms with Crippen molar-refractivity contribution in [2.24, 2.45) is 0 Å². The zero-order valence-corrected chi connectivity index (χ0v) is 12.9. The maximum Gasteiger partial charge on any atom is 0.247 e. The van der Waals surface area contributed by atoms with Gasteiger partial charge in [0.15, 0.2) is 0 Å². The molecule has 0 aromatic rings. The number of quaternary nitrogens is 1. The number of nitrogens with zero attached hydrogens (tertiary/aromatic N) is 1. The van der Waals surface area contributed by atoms with Gasteiger partial charge in [-0.3, -0.25) is 4.79 Å². The quantitative estimate of drug-likeness (QED) is 0.282. The molecule has 0 aromatic heterocycles. The SMILES string of the molecule is C=C(CCl)C(=O)NCCCC[N+](CC)(CC)CC. The summed E-state index contributed by atoms with van der Waals surface area (Å²) in [5, 5.41) is 2.84. The van der Waals surface area contributed by atoms with Crippen LogP contribution in [0.25, 0.3) is 0 Å². The predicted octanol–water partition coefficient (Wildman–Crippen LogP) is 2.55. The van der Waals surface area contributed by atoms with Crippen molar-refractivity contribution in [3.63, 3.8) is 0 Å². The molecule has 18 heavy (non-hydrogen) atoms. The van der Waals surface area contributed by atoms with Gasteiger partial charge >= 0.3 is 0 Å². The van der Waals surface area contributed by atoms with Crippen LogP contribution in [0.2, 0.25) is 0 Å². The topological polar surface area (TPSA) is 29.1 Å². The van der Waals surface area contributed by atoms with Crippen LogP contribution < -0.4 is 5.32 Å². The highest BCUT2D eigenvalue weighted by atomic mass is 35.5. The lowest BCUT2D eigenvalue weighted by atomic mass is 10.2. The Labute approximate surface area is 117 Å². The highest BCUT2D eigenvalue weighted by Crippen LogP contribution is 2.08. The van der Waals surface area contributed by atoms with E-state index in [0.717, 1.165) is 12.8 Å². The van der Waals surface area contributed by atoms with Crippen LogP contribution in [0.4, 0.5) is 0 Å². The molecule has 0 saturated carbocycles. The van der Waals surface area contributed by atoms with E-state index in [9.17, 15) is 4.79 Å². The van der Waals surface area contributed by atoms with Gasteiger partial charge in [0.25, 0.3) is 0 Å². The Morgan fingerprint density at radius 1 is 1.17 bits per heavy atom. The lowest BCUT2D eigenvalue weighted by Gasteiger charge is -2.35. The van der Waals surface area contributed by atoms with Gasteiger partial charge in [-0.1, -0.05) is 6.58 Å². The van der Waals surface area contributed by atoms with E-state index in [4.69, 9.17) is 11.6 Å². The highest BCUT2D eigenvalue weighted by molar-refractivity contribution is 6.22. The van der Waals surface area contributed by atoms with Crippen molar-refractivity contribution in [2.75, 3.05) is 38.6 Å². The van der Waals surface area contributed by atoms with Crippen molar-refractivity contribution in [3.8, 4) is 0 Å². The zero-order valence-electron chi connectivity index (χ0n) is 12.1. The van der Waals surface area contributed by atoms with Crippen molar-refractivity contribution in [1.82, 2.24) is 5.32 Å². The largest absolute Gasteiger partial charge is 0.352 e. The molecule has 0 spiro atoms. The Bertz CT molecular complexity index is 254. The number of carbonyl (C=O) groups is 1. The van der Waals surface area contributed by atoms with Gasteiger partial charge in [-0.25, -0.2) is 0 Å². The highest BCUT2D eigenvalue weighted by Gasteiger charge is 2.19. The van der Waals surface area contributed by atoms with Crippen molar-refractivity contribution in [3.05, 3.63) is 12.2 Å². The number of amides is 1.